The van der Waals surface area contributed by atoms with Gasteiger partial charge in [-0.2, -0.15) is 0 Å². The summed E-state index contributed by atoms with van der Waals surface area (Å²) < 4.78 is 5.89. The molecule has 3 rings (SSSR count). The highest BCUT2D eigenvalue weighted by Crippen LogP contribution is 2.29. The van der Waals surface area contributed by atoms with E-state index in [1.54, 1.807) is 0 Å². The van der Waals surface area contributed by atoms with Gasteiger partial charge >= 0.3 is 0 Å². The van der Waals surface area contributed by atoms with Crippen LogP contribution in [0, 0.1) is 0 Å². The van der Waals surface area contributed by atoms with Crippen LogP contribution in [0.25, 0.3) is 5.70 Å². The Morgan fingerprint density at radius 2 is 1.75 bits per heavy atom. The number of hydrogen-bond donors (Lipinski definition) is 2. The molecule has 1 aliphatic rings. The van der Waals surface area contributed by atoms with E-state index >= 15 is 0 Å². The number of para-hydroxylation sites is 2. The van der Waals surface area contributed by atoms with Gasteiger partial charge in [-0.3, -0.25) is 0 Å². The predicted molar refractivity (Wildman–Crippen MR) is 77.1 cm³/mol. The topological polar surface area (TPSA) is 50.4 Å². The van der Waals surface area contributed by atoms with Gasteiger partial charge in [0.2, 0.25) is 0 Å². The Labute approximate surface area is 117 Å². The van der Waals surface area contributed by atoms with E-state index in [9.17, 15) is 4.79 Å². The molecule has 4 heteroatoms. The van der Waals surface area contributed by atoms with Crippen LogP contribution in [0.4, 0.5) is 0 Å². The lowest BCUT2D eigenvalue weighted by Gasteiger charge is -2.12. The van der Waals surface area contributed by atoms with Crippen LogP contribution in [0.15, 0.2) is 60.7 Å². The molecule has 0 aliphatic carbocycles. The predicted octanol–water partition coefficient (Wildman–Crippen LogP) is 2.50. The molecule has 2 N–H and O–H groups in total. The van der Waals surface area contributed by atoms with Crippen LogP contribution >= 0.6 is 0 Å². The number of nitrogens with one attached hydrogen (secondary N) is 2. The van der Waals surface area contributed by atoms with Crippen LogP contribution in [-0.4, -0.2) is 12.3 Å². The maximum Gasteiger partial charge on any atom is 0.142 e. The van der Waals surface area contributed by atoms with Crippen molar-refractivity contribution < 1.29 is 9.53 Å². The van der Waals surface area contributed by atoms with Gasteiger partial charge in [0.25, 0.3) is 0 Å². The standard InChI is InChI=1S/C16H14N2O2/c19-11-12-10-15(18-17-12)14-8-4-5-9-16(14)20-13-6-2-1-3-7-13/h1-12,17-18H. The first kappa shape index (κ1) is 12.4. The van der Waals surface area contributed by atoms with Crippen LogP contribution in [0.1, 0.15) is 5.56 Å². The van der Waals surface area contributed by atoms with Crippen LogP contribution in [0.2, 0.25) is 0 Å². The molecule has 0 bridgehead atoms. The fourth-order valence-corrected chi connectivity index (χ4v) is 2.05. The molecule has 2 aromatic rings. The summed E-state index contributed by atoms with van der Waals surface area (Å²) in [6.07, 6.45) is 2.68. The number of rotatable bonds is 4. The van der Waals surface area contributed by atoms with Gasteiger partial charge in [0.05, 0.1) is 5.70 Å². The highest BCUT2D eigenvalue weighted by atomic mass is 16.5. The first-order valence-corrected chi connectivity index (χ1v) is 6.38. The lowest BCUT2D eigenvalue weighted by atomic mass is 10.1. The zero-order valence-electron chi connectivity index (χ0n) is 10.7. The molecular weight excluding hydrogens is 252 g/mol. The number of carbonyl (C=O) groups excluding carboxylic acids is 1. The summed E-state index contributed by atoms with van der Waals surface area (Å²) >= 11 is 0. The van der Waals surface area contributed by atoms with E-state index in [4.69, 9.17) is 4.74 Å². The molecule has 1 atom stereocenters. The Morgan fingerprint density at radius 1 is 1.00 bits per heavy atom. The first-order valence-electron chi connectivity index (χ1n) is 6.38. The summed E-state index contributed by atoms with van der Waals surface area (Å²) in [6, 6.07) is 17.0. The van der Waals surface area contributed by atoms with Gasteiger partial charge < -0.3 is 15.0 Å². The number of carbonyl (C=O) groups is 1. The third-order valence-electron chi connectivity index (χ3n) is 3.01. The SMILES string of the molecule is O=CC1C=C(c2ccccc2Oc2ccccc2)NN1. The molecule has 1 aliphatic heterocycles. The molecule has 2 aromatic carbocycles. The molecular formula is C16H14N2O2. The van der Waals surface area contributed by atoms with Crippen molar-refractivity contribution in [2.24, 2.45) is 0 Å². The molecule has 0 aromatic heterocycles. The Hall–Kier alpha value is -2.59. The van der Waals surface area contributed by atoms with E-state index in [-0.39, 0.29) is 6.04 Å². The Kier molecular flexibility index (Phi) is 3.48. The van der Waals surface area contributed by atoms with Crippen molar-refractivity contribution in [3.8, 4) is 11.5 Å². The summed E-state index contributed by atoms with van der Waals surface area (Å²) in [6.45, 7) is 0. The minimum Gasteiger partial charge on any atom is -0.457 e. The number of benzene rings is 2. The normalized spacial score (nSPS) is 17.2. The summed E-state index contributed by atoms with van der Waals surface area (Å²) in [5.41, 5.74) is 7.63. The second-order valence-electron chi connectivity index (χ2n) is 4.42. The Morgan fingerprint density at radius 3 is 2.50 bits per heavy atom. The smallest absolute Gasteiger partial charge is 0.142 e. The number of ether oxygens (including phenoxy) is 1. The van der Waals surface area contributed by atoms with Gasteiger partial charge in [-0.25, -0.2) is 5.43 Å². The van der Waals surface area contributed by atoms with E-state index in [0.29, 0.717) is 0 Å². The molecule has 0 saturated heterocycles. The van der Waals surface area contributed by atoms with Gasteiger partial charge in [0.15, 0.2) is 0 Å². The largest absolute Gasteiger partial charge is 0.457 e. The third-order valence-corrected chi connectivity index (χ3v) is 3.01. The monoisotopic (exact) mass is 266 g/mol. The van der Waals surface area contributed by atoms with Crippen molar-refractivity contribution in [1.29, 1.82) is 0 Å². The van der Waals surface area contributed by atoms with Crippen LogP contribution in [0.3, 0.4) is 0 Å². The highest BCUT2D eigenvalue weighted by molar-refractivity contribution is 5.76. The molecule has 0 spiro atoms. The maximum atomic E-state index is 10.8. The quantitative estimate of drug-likeness (QED) is 0.835. The van der Waals surface area contributed by atoms with Crippen LogP contribution in [-0.2, 0) is 4.79 Å². The molecule has 4 nitrogen and oxygen atoms in total. The molecule has 1 heterocycles. The average Bonchev–Trinajstić information content (AvgIpc) is 2.98. The Bertz CT molecular complexity index is 638. The first-order chi connectivity index (χ1) is 9.86. The molecule has 20 heavy (non-hydrogen) atoms. The molecule has 0 amide bonds. The van der Waals surface area contributed by atoms with Gasteiger partial charge in [-0.05, 0) is 30.3 Å². The molecule has 100 valence electrons. The summed E-state index contributed by atoms with van der Waals surface area (Å²) in [4.78, 5) is 10.8. The molecule has 0 fully saturated rings. The van der Waals surface area contributed by atoms with Crippen molar-refractivity contribution in [2.45, 2.75) is 6.04 Å². The fraction of sp³-hybridized carbons (Fsp3) is 0.0625. The molecule has 0 saturated carbocycles. The van der Waals surface area contributed by atoms with Crippen molar-refractivity contribution in [1.82, 2.24) is 10.9 Å². The highest BCUT2D eigenvalue weighted by Gasteiger charge is 2.17. The fourth-order valence-electron chi connectivity index (χ4n) is 2.05. The van der Waals surface area contributed by atoms with Crippen LogP contribution in [0.5, 0.6) is 11.5 Å². The van der Waals surface area contributed by atoms with Gasteiger partial charge in [-0.1, -0.05) is 30.3 Å². The number of hydrazine groups is 1. The van der Waals surface area contributed by atoms with Crippen molar-refractivity contribution in [3.63, 3.8) is 0 Å². The van der Waals surface area contributed by atoms with E-state index in [2.05, 4.69) is 10.9 Å². The maximum absolute atomic E-state index is 10.8. The van der Waals surface area contributed by atoms with Gasteiger partial charge in [0.1, 0.15) is 23.8 Å². The zero-order chi connectivity index (χ0) is 13.8. The zero-order valence-corrected chi connectivity index (χ0v) is 10.7. The summed E-state index contributed by atoms with van der Waals surface area (Å²) in [5, 5.41) is 0. The summed E-state index contributed by atoms with van der Waals surface area (Å²) in [7, 11) is 0. The number of aldehydes is 1. The van der Waals surface area contributed by atoms with E-state index in [1.165, 1.54) is 0 Å². The molecule has 0 radical (unpaired) electrons. The third kappa shape index (κ3) is 2.55. The van der Waals surface area contributed by atoms with E-state index < -0.39 is 0 Å². The average molecular weight is 266 g/mol. The Balaban J connectivity index is 1.91. The second kappa shape index (κ2) is 5.59. The minimum atomic E-state index is -0.310. The van der Waals surface area contributed by atoms with Gasteiger partial charge in [0, 0.05) is 5.56 Å². The second-order valence-corrected chi connectivity index (χ2v) is 4.42. The van der Waals surface area contributed by atoms with E-state index in [0.717, 1.165) is 29.0 Å². The van der Waals surface area contributed by atoms with Crippen molar-refractivity contribution in [2.75, 3.05) is 0 Å². The number of hydrogen-bond acceptors (Lipinski definition) is 4. The van der Waals surface area contributed by atoms with Gasteiger partial charge in [-0.15, -0.1) is 0 Å². The lowest BCUT2D eigenvalue weighted by molar-refractivity contribution is -0.108. The van der Waals surface area contributed by atoms with Crippen LogP contribution < -0.4 is 15.6 Å². The summed E-state index contributed by atoms with van der Waals surface area (Å²) in [5.74, 6) is 1.52. The van der Waals surface area contributed by atoms with Crippen molar-refractivity contribution in [3.05, 3.63) is 66.2 Å². The van der Waals surface area contributed by atoms with E-state index in [1.807, 2.05) is 60.7 Å². The lowest BCUT2D eigenvalue weighted by Crippen LogP contribution is -2.32. The minimum absolute atomic E-state index is 0.310. The molecule has 1 unspecified atom stereocenters. The van der Waals surface area contributed by atoms with Crippen molar-refractivity contribution >= 4 is 12.0 Å².